The Balaban J connectivity index is 0.00000110. The van der Waals surface area contributed by atoms with Gasteiger partial charge in [0.2, 0.25) is 0 Å². The smallest absolute Gasteiger partial charge is 0.0316 e. The standard InChI is InChI=1S/C14H23N3.C3H8/c1-12(17-10-4-9-16-2)7-8-13-5-3-6-14(15)11-13;1-3-2/h3,5-6,11,16-17H,1,4,7-10,15H2,2H3;3H2,1-2H3. The number of rotatable bonds is 8. The molecule has 0 aliphatic rings. The van der Waals surface area contributed by atoms with E-state index in [1.165, 1.54) is 12.0 Å². The Kier molecular flexibility index (Phi) is 11.6. The van der Waals surface area contributed by atoms with Gasteiger partial charge in [-0.1, -0.05) is 39.0 Å². The van der Waals surface area contributed by atoms with Gasteiger partial charge in [-0.3, -0.25) is 0 Å². The first-order chi connectivity index (χ1) is 9.63. The van der Waals surface area contributed by atoms with Crippen LogP contribution in [0.1, 0.15) is 38.7 Å². The van der Waals surface area contributed by atoms with Crippen molar-refractivity contribution in [3.63, 3.8) is 0 Å². The number of aryl methyl sites for hydroxylation is 1. The monoisotopic (exact) mass is 277 g/mol. The number of allylic oxidation sites excluding steroid dienone is 1. The fraction of sp³-hybridized carbons (Fsp3) is 0.529. The third-order valence-electron chi connectivity index (χ3n) is 2.65. The van der Waals surface area contributed by atoms with E-state index in [2.05, 4.69) is 37.1 Å². The van der Waals surface area contributed by atoms with E-state index >= 15 is 0 Å². The lowest BCUT2D eigenvalue weighted by atomic mass is 10.1. The van der Waals surface area contributed by atoms with Gasteiger partial charge in [-0.05, 0) is 50.6 Å². The normalized spacial score (nSPS) is 9.55. The van der Waals surface area contributed by atoms with Crippen LogP contribution in [0, 0.1) is 0 Å². The molecule has 0 aromatic heterocycles. The third-order valence-corrected chi connectivity index (χ3v) is 2.65. The SMILES string of the molecule is C=C(CCc1cccc(N)c1)NCCCNC.CCC. The first-order valence-electron chi connectivity index (χ1n) is 7.54. The third kappa shape index (κ3) is 10.4. The molecule has 1 aromatic carbocycles. The summed E-state index contributed by atoms with van der Waals surface area (Å²) >= 11 is 0. The minimum atomic E-state index is 0.829. The lowest BCUT2D eigenvalue weighted by Crippen LogP contribution is -2.19. The van der Waals surface area contributed by atoms with Crippen molar-refractivity contribution in [2.45, 2.75) is 39.5 Å². The van der Waals surface area contributed by atoms with Gasteiger partial charge in [-0.2, -0.15) is 0 Å². The van der Waals surface area contributed by atoms with E-state index in [4.69, 9.17) is 5.73 Å². The van der Waals surface area contributed by atoms with Crippen molar-refractivity contribution in [1.29, 1.82) is 0 Å². The summed E-state index contributed by atoms with van der Waals surface area (Å²) in [4.78, 5) is 0. The van der Waals surface area contributed by atoms with Crippen LogP contribution in [-0.4, -0.2) is 20.1 Å². The summed E-state index contributed by atoms with van der Waals surface area (Å²) in [7, 11) is 1.97. The van der Waals surface area contributed by atoms with Crippen molar-refractivity contribution < 1.29 is 0 Å². The lowest BCUT2D eigenvalue weighted by molar-refractivity contribution is 0.661. The van der Waals surface area contributed by atoms with E-state index in [0.717, 1.165) is 43.7 Å². The Labute approximate surface area is 124 Å². The van der Waals surface area contributed by atoms with E-state index in [1.54, 1.807) is 0 Å². The van der Waals surface area contributed by atoms with Crippen LogP contribution < -0.4 is 16.4 Å². The molecule has 0 unspecified atom stereocenters. The van der Waals surface area contributed by atoms with Gasteiger partial charge in [-0.25, -0.2) is 0 Å². The Morgan fingerprint density at radius 1 is 1.25 bits per heavy atom. The fourth-order valence-electron chi connectivity index (χ4n) is 1.66. The van der Waals surface area contributed by atoms with Gasteiger partial charge in [0.05, 0.1) is 0 Å². The second-order valence-corrected chi connectivity index (χ2v) is 4.94. The molecule has 20 heavy (non-hydrogen) atoms. The zero-order chi connectivity index (χ0) is 15.2. The van der Waals surface area contributed by atoms with Crippen LogP contribution in [0.4, 0.5) is 5.69 Å². The van der Waals surface area contributed by atoms with E-state index in [0.29, 0.717) is 0 Å². The molecule has 0 spiro atoms. The first-order valence-corrected chi connectivity index (χ1v) is 7.54. The molecule has 0 saturated heterocycles. The molecule has 0 fully saturated rings. The molecule has 3 nitrogen and oxygen atoms in total. The number of benzene rings is 1. The molecule has 0 aliphatic heterocycles. The summed E-state index contributed by atoms with van der Waals surface area (Å²) in [5.41, 5.74) is 8.93. The van der Waals surface area contributed by atoms with Gasteiger partial charge >= 0.3 is 0 Å². The maximum absolute atomic E-state index is 5.73. The summed E-state index contributed by atoms with van der Waals surface area (Å²) in [6.07, 6.45) is 4.32. The van der Waals surface area contributed by atoms with Gasteiger partial charge in [0, 0.05) is 17.9 Å². The minimum Gasteiger partial charge on any atom is -0.399 e. The topological polar surface area (TPSA) is 50.1 Å². The minimum absolute atomic E-state index is 0.829. The van der Waals surface area contributed by atoms with Crippen molar-refractivity contribution in [2.75, 3.05) is 25.9 Å². The second-order valence-electron chi connectivity index (χ2n) is 4.94. The van der Waals surface area contributed by atoms with E-state index in [-0.39, 0.29) is 0 Å². The summed E-state index contributed by atoms with van der Waals surface area (Å²) in [6.45, 7) is 10.3. The van der Waals surface area contributed by atoms with Crippen molar-refractivity contribution in [1.82, 2.24) is 10.6 Å². The number of nitrogens with two attached hydrogens (primary N) is 1. The molecule has 3 heteroatoms. The highest BCUT2D eigenvalue weighted by atomic mass is 14.9. The highest BCUT2D eigenvalue weighted by Crippen LogP contribution is 2.10. The van der Waals surface area contributed by atoms with Gasteiger partial charge < -0.3 is 16.4 Å². The van der Waals surface area contributed by atoms with Crippen LogP contribution in [0.3, 0.4) is 0 Å². The van der Waals surface area contributed by atoms with Crippen molar-refractivity contribution in [3.8, 4) is 0 Å². The zero-order valence-electron chi connectivity index (χ0n) is 13.3. The van der Waals surface area contributed by atoms with Crippen molar-refractivity contribution in [2.24, 2.45) is 0 Å². The number of nitrogens with one attached hydrogen (secondary N) is 2. The molecule has 0 amide bonds. The average molecular weight is 277 g/mol. The highest BCUT2D eigenvalue weighted by Gasteiger charge is 1.97. The highest BCUT2D eigenvalue weighted by molar-refractivity contribution is 5.40. The summed E-state index contributed by atoms with van der Waals surface area (Å²) < 4.78 is 0. The first kappa shape index (κ1) is 18.5. The molecule has 4 N–H and O–H groups in total. The lowest BCUT2D eigenvalue weighted by Gasteiger charge is -2.09. The molecule has 0 atom stereocenters. The molecule has 0 aliphatic carbocycles. The van der Waals surface area contributed by atoms with Gasteiger partial charge in [-0.15, -0.1) is 0 Å². The van der Waals surface area contributed by atoms with E-state index < -0.39 is 0 Å². The Morgan fingerprint density at radius 3 is 2.55 bits per heavy atom. The van der Waals surface area contributed by atoms with Crippen molar-refractivity contribution >= 4 is 5.69 Å². The molecule has 0 saturated carbocycles. The van der Waals surface area contributed by atoms with Crippen molar-refractivity contribution in [3.05, 3.63) is 42.1 Å². The molecule has 0 heterocycles. The molecule has 1 aromatic rings. The Morgan fingerprint density at radius 2 is 1.95 bits per heavy atom. The fourth-order valence-corrected chi connectivity index (χ4v) is 1.66. The van der Waals surface area contributed by atoms with Gasteiger partial charge in [0.15, 0.2) is 0 Å². The maximum atomic E-state index is 5.73. The Hall–Kier alpha value is -1.48. The second kappa shape index (κ2) is 12.5. The van der Waals surface area contributed by atoms with Crippen LogP contribution in [-0.2, 0) is 6.42 Å². The summed E-state index contributed by atoms with van der Waals surface area (Å²) in [5.74, 6) is 0. The summed E-state index contributed by atoms with van der Waals surface area (Å²) in [5, 5.41) is 6.46. The van der Waals surface area contributed by atoms with E-state index in [9.17, 15) is 0 Å². The largest absolute Gasteiger partial charge is 0.399 e. The van der Waals surface area contributed by atoms with Crippen LogP contribution in [0.15, 0.2) is 36.5 Å². The number of hydrogen-bond donors (Lipinski definition) is 3. The average Bonchev–Trinajstić information content (AvgIpc) is 2.42. The quantitative estimate of drug-likeness (QED) is 0.504. The molecule has 0 radical (unpaired) electrons. The van der Waals surface area contributed by atoms with E-state index in [1.807, 2.05) is 25.2 Å². The Bertz CT molecular complexity index is 361. The van der Waals surface area contributed by atoms with Crippen LogP contribution in [0.2, 0.25) is 0 Å². The molecular weight excluding hydrogens is 246 g/mol. The molecule has 0 bridgehead atoms. The van der Waals surface area contributed by atoms with Crippen LogP contribution in [0.5, 0.6) is 0 Å². The number of anilines is 1. The molecular formula is C17H31N3. The number of hydrogen-bond acceptors (Lipinski definition) is 3. The maximum Gasteiger partial charge on any atom is 0.0316 e. The predicted molar refractivity (Wildman–Crippen MR) is 90.8 cm³/mol. The molecule has 114 valence electrons. The zero-order valence-corrected chi connectivity index (χ0v) is 13.3. The van der Waals surface area contributed by atoms with Gasteiger partial charge in [0.1, 0.15) is 0 Å². The summed E-state index contributed by atoms with van der Waals surface area (Å²) in [6, 6.07) is 8.03. The number of nitrogen functional groups attached to an aromatic ring is 1. The van der Waals surface area contributed by atoms with Crippen LogP contribution >= 0.6 is 0 Å². The molecule has 1 rings (SSSR count). The van der Waals surface area contributed by atoms with Crippen LogP contribution in [0.25, 0.3) is 0 Å². The predicted octanol–water partition coefficient (Wildman–Crippen LogP) is 3.33. The van der Waals surface area contributed by atoms with Gasteiger partial charge in [0.25, 0.3) is 0 Å².